The molecule has 0 saturated carbocycles. The number of carbonyl (C=O) groups excluding carboxylic acids is 1. The quantitative estimate of drug-likeness (QED) is 0.839. The third-order valence-electron chi connectivity index (χ3n) is 3.20. The van der Waals surface area contributed by atoms with Crippen molar-refractivity contribution in [3.05, 3.63) is 42.1 Å². The summed E-state index contributed by atoms with van der Waals surface area (Å²) in [6.07, 6.45) is 1.79. The monoisotopic (exact) mass is 345 g/mol. The number of ether oxygens (including phenoxy) is 1. The van der Waals surface area contributed by atoms with Gasteiger partial charge in [0.25, 0.3) is 0 Å². The predicted octanol–water partition coefficient (Wildman–Crippen LogP) is 2.06. The summed E-state index contributed by atoms with van der Waals surface area (Å²) in [6, 6.07) is 9.83. The van der Waals surface area contributed by atoms with Crippen molar-refractivity contribution in [2.45, 2.75) is 19.1 Å². The van der Waals surface area contributed by atoms with Gasteiger partial charge in [-0.25, -0.2) is 0 Å². The van der Waals surface area contributed by atoms with Gasteiger partial charge in [0, 0.05) is 31.8 Å². The van der Waals surface area contributed by atoms with Gasteiger partial charge in [0.1, 0.15) is 0 Å². The molecule has 1 heterocycles. The normalized spacial score (nSPS) is 11.2. The van der Waals surface area contributed by atoms with Crippen molar-refractivity contribution in [1.82, 2.24) is 10.3 Å². The Morgan fingerprint density at radius 2 is 2.05 bits per heavy atom. The molecule has 3 N–H and O–H groups in total. The molecule has 1 amide bonds. The molecule has 1 unspecified atom stereocenters. The first-order valence-electron chi connectivity index (χ1n) is 6.56. The Hall–Kier alpha value is -1.40. The zero-order valence-corrected chi connectivity index (χ0v) is 14.0. The number of methoxy groups -OCH3 is 1. The minimum atomic E-state index is -0.236. The topological polar surface area (TPSA) is 77.2 Å². The first-order valence-corrected chi connectivity index (χ1v) is 6.56. The molecule has 5 nitrogen and oxygen atoms in total. The maximum atomic E-state index is 11.8. The lowest BCUT2D eigenvalue weighted by atomic mass is 10.1. The predicted molar refractivity (Wildman–Crippen MR) is 92.6 cm³/mol. The molecule has 0 aliphatic heterocycles. The van der Waals surface area contributed by atoms with Crippen molar-refractivity contribution >= 4 is 41.6 Å². The number of rotatable bonds is 6. The van der Waals surface area contributed by atoms with Gasteiger partial charge in [-0.1, -0.05) is 24.3 Å². The minimum absolute atomic E-state index is 0. The van der Waals surface area contributed by atoms with Crippen LogP contribution in [0.5, 0.6) is 0 Å². The summed E-state index contributed by atoms with van der Waals surface area (Å²) < 4.78 is 5.09. The highest BCUT2D eigenvalue weighted by Crippen LogP contribution is 2.15. The van der Waals surface area contributed by atoms with Crippen LogP contribution in [0.1, 0.15) is 12.0 Å². The van der Waals surface area contributed by atoms with Crippen molar-refractivity contribution in [1.29, 1.82) is 0 Å². The van der Waals surface area contributed by atoms with Gasteiger partial charge in [-0.3, -0.25) is 9.78 Å². The Bertz CT molecular complexity index is 587. The largest absolute Gasteiger partial charge is 0.380 e. The van der Waals surface area contributed by atoms with Gasteiger partial charge in [-0.15, -0.1) is 24.8 Å². The molecular weight excluding hydrogens is 325 g/mol. The van der Waals surface area contributed by atoms with Crippen LogP contribution in [0.25, 0.3) is 10.9 Å². The second-order valence-corrected chi connectivity index (χ2v) is 4.57. The van der Waals surface area contributed by atoms with Gasteiger partial charge in [0.15, 0.2) is 0 Å². The summed E-state index contributed by atoms with van der Waals surface area (Å²) in [7, 11) is 1.55. The molecule has 0 bridgehead atoms. The molecule has 0 spiro atoms. The maximum Gasteiger partial charge on any atom is 0.222 e. The fourth-order valence-corrected chi connectivity index (χ4v) is 2.05. The Balaban J connectivity index is 0.00000220. The smallest absolute Gasteiger partial charge is 0.222 e. The molecule has 0 saturated heterocycles. The van der Waals surface area contributed by atoms with Crippen LogP contribution in [0, 0.1) is 0 Å². The summed E-state index contributed by atoms with van der Waals surface area (Å²) in [6.45, 7) is 0.786. The van der Waals surface area contributed by atoms with E-state index in [0.717, 1.165) is 16.5 Å². The molecule has 0 aliphatic rings. The average Bonchev–Trinajstić information content (AvgIpc) is 2.50. The van der Waals surface area contributed by atoms with Crippen molar-refractivity contribution in [2.24, 2.45) is 5.73 Å². The highest BCUT2D eigenvalue weighted by Gasteiger charge is 2.11. The van der Waals surface area contributed by atoms with Crippen LogP contribution in [0.4, 0.5) is 0 Å². The molecule has 1 aromatic heterocycles. The molecule has 22 heavy (non-hydrogen) atoms. The number of aromatic nitrogens is 1. The number of carbonyl (C=O) groups is 1. The highest BCUT2D eigenvalue weighted by molar-refractivity contribution is 5.85. The number of fused-ring (bicyclic) bond motifs is 1. The number of benzene rings is 1. The minimum Gasteiger partial charge on any atom is -0.380 e. The Labute approximate surface area is 142 Å². The number of halogens is 2. The first kappa shape index (κ1) is 20.6. The Morgan fingerprint density at radius 3 is 2.73 bits per heavy atom. The fourth-order valence-electron chi connectivity index (χ4n) is 2.05. The summed E-state index contributed by atoms with van der Waals surface area (Å²) in [5.74, 6) is -0.0739. The summed E-state index contributed by atoms with van der Waals surface area (Å²) in [5.41, 5.74) is 7.41. The van der Waals surface area contributed by atoms with Crippen LogP contribution < -0.4 is 11.1 Å². The fraction of sp³-hybridized carbons (Fsp3) is 0.333. The van der Waals surface area contributed by atoms with Gasteiger partial charge >= 0.3 is 0 Å². The van der Waals surface area contributed by atoms with Gasteiger partial charge in [0.05, 0.1) is 18.0 Å². The van der Waals surface area contributed by atoms with Crippen molar-refractivity contribution in [3.63, 3.8) is 0 Å². The van der Waals surface area contributed by atoms with Crippen LogP contribution >= 0.6 is 24.8 Å². The second-order valence-electron chi connectivity index (χ2n) is 4.57. The van der Waals surface area contributed by atoms with Crippen molar-refractivity contribution < 1.29 is 9.53 Å². The van der Waals surface area contributed by atoms with Gasteiger partial charge in [0.2, 0.25) is 5.91 Å². The van der Waals surface area contributed by atoms with Crippen LogP contribution in [0.15, 0.2) is 36.5 Å². The number of nitrogens with zero attached hydrogens (tertiary/aromatic N) is 1. The zero-order chi connectivity index (χ0) is 14.4. The van der Waals surface area contributed by atoms with Gasteiger partial charge < -0.3 is 15.8 Å². The number of hydrogen-bond acceptors (Lipinski definition) is 4. The van der Waals surface area contributed by atoms with Crippen molar-refractivity contribution in [3.8, 4) is 0 Å². The van der Waals surface area contributed by atoms with E-state index in [-0.39, 0.29) is 43.2 Å². The van der Waals surface area contributed by atoms with E-state index in [1.165, 1.54) is 0 Å². The maximum absolute atomic E-state index is 11.8. The average molecular weight is 346 g/mol. The van der Waals surface area contributed by atoms with E-state index < -0.39 is 0 Å². The third-order valence-corrected chi connectivity index (χ3v) is 3.20. The number of pyridine rings is 1. The second kappa shape index (κ2) is 10.3. The molecule has 0 fully saturated rings. The van der Waals surface area contributed by atoms with E-state index in [9.17, 15) is 4.79 Å². The standard InChI is InChI=1S/C15H19N3O2.2ClH/c1-20-13(9-16)8-14(19)18-10-12-5-2-4-11-6-3-7-17-15(11)12;;/h2-7,13H,8-10,16H2,1H3,(H,18,19);2*1H. The number of hydrogen-bond donors (Lipinski definition) is 2. The lowest BCUT2D eigenvalue weighted by Gasteiger charge is -2.13. The molecular formula is C15H21Cl2N3O2. The zero-order valence-electron chi connectivity index (χ0n) is 12.3. The number of para-hydroxylation sites is 1. The van der Waals surface area contributed by atoms with Gasteiger partial charge in [-0.2, -0.15) is 0 Å². The summed E-state index contributed by atoms with van der Waals surface area (Å²) in [4.78, 5) is 16.2. The van der Waals surface area contributed by atoms with Crippen LogP contribution in [0.2, 0.25) is 0 Å². The van der Waals surface area contributed by atoms with E-state index in [0.29, 0.717) is 13.1 Å². The Morgan fingerprint density at radius 1 is 1.32 bits per heavy atom. The lowest BCUT2D eigenvalue weighted by molar-refractivity contribution is -0.123. The molecule has 2 rings (SSSR count). The number of nitrogens with one attached hydrogen (secondary N) is 1. The molecule has 1 aromatic carbocycles. The van der Waals surface area contributed by atoms with E-state index in [1.807, 2.05) is 30.3 Å². The van der Waals surface area contributed by atoms with Crippen LogP contribution in [0.3, 0.4) is 0 Å². The Kier molecular flexibility index (Phi) is 9.69. The van der Waals surface area contributed by atoms with E-state index in [1.54, 1.807) is 13.3 Å². The van der Waals surface area contributed by atoms with Gasteiger partial charge in [-0.05, 0) is 11.6 Å². The first-order chi connectivity index (χ1) is 9.74. The molecule has 0 aliphatic carbocycles. The lowest BCUT2D eigenvalue weighted by Crippen LogP contribution is -2.31. The SMILES string of the molecule is COC(CN)CC(=O)NCc1cccc2cccnc12.Cl.Cl. The molecule has 0 radical (unpaired) electrons. The number of nitrogens with two attached hydrogens (primary N) is 1. The van der Waals surface area contributed by atoms with E-state index in [2.05, 4.69) is 10.3 Å². The molecule has 7 heteroatoms. The van der Waals surface area contributed by atoms with Crippen LogP contribution in [-0.2, 0) is 16.1 Å². The van der Waals surface area contributed by atoms with Crippen LogP contribution in [-0.4, -0.2) is 30.6 Å². The number of amides is 1. The molecule has 122 valence electrons. The molecule has 2 aromatic rings. The van der Waals surface area contributed by atoms with E-state index in [4.69, 9.17) is 10.5 Å². The molecule has 1 atom stereocenters. The summed E-state index contributed by atoms with van der Waals surface area (Å²) >= 11 is 0. The van der Waals surface area contributed by atoms with E-state index >= 15 is 0 Å². The third kappa shape index (κ3) is 5.42. The van der Waals surface area contributed by atoms with Crippen molar-refractivity contribution in [2.75, 3.05) is 13.7 Å². The summed E-state index contributed by atoms with van der Waals surface area (Å²) in [5, 5.41) is 3.94. The highest BCUT2D eigenvalue weighted by atomic mass is 35.5.